The quantitative estimate of drug-likeness (QED) is 0.455. The summed E-state index contributed by atoms with van der Waals surface area (Å²) >= 11 is 1.59. The van der Waals surface area contributed by atoms with E-state index < -0.39 is 18.0 Å². The standard InChI is InChI=1S/C23H31N3O4S/c1-4-24-10-14-5-7-15(8-6-14)17-9-16(11-25-17)31-21-12(2)19-18(13(3)27)22(28)26(19)20(21)23(29)30/h5-8,12-13,16-19,24-25,27H,4,9-11H2,1-3H3,(H,29,30)/t12-,13-,16+,17-,18-,19-/m1/s1. The minimum Gasteiger partial charge on any atom is -0.477 e. The van der Waals surface area contributed by atoms with Crippen molar-refractivity contribution in [3.05, 3.63) is 46.0 Å². The number of fused-ring (bicyclic) bond motifs is 1. The van der Waals surface area contributed by atoms with Crippen LogP contribution in [0.1, 0.15) is 44.4 Å². The van der Waals surface area contributed by atoms with Crippen LogP contribution in [0.3, 0.4) is 0 Å². The summed E-state index contributed by atoms with van der Waals surface area (Å²) in [6, 6.07) is 8.61. The summed E-state index contributed by atoms with van der Waals surface area (Å²) in [5.41, 5.74) is 2.61. The van der Waals surface area contributed by atoms with Crippen molar-refractivity contribution in [1.29, 1.82) is 0 Å². The number of carboxylic acids is 1. The zero-order valence-corrected chi connectivity index (χ0v) is 19.0. The number of hydrogen-bond acceptors (Lipinski definition) is 6. The van der Waals surface area contributed by atoms with Gasteiger partial charge in [-0.3, -0.25) is 4.79 Å². The smallest absolute Gasteiger partial charge is 0.353 e. The molecule has 3 aliphatic heterocycles. The van der Waals surface area contributed by atoms with Gasteiger partial charge in [0.25, 0.3) is 0 Å². The molecule has 1 aromatic carbocycles. The van der Waals surface area contributed by atoms with Gasteiger partial charge in [-0.2, -0.15) is 0 Å². The highest BCUT2D eigenvalue weighted by Crippen LogP contribution is 2.52. The average molecular weight is 446 g/mol. The fourth-order valence-corrected chi connectivity index (χ4v) is 6.52. The van der Waals surface area contributed by atoms with Gasteiger partial charge in [0.15, 0.2) is 0 Å². The van der Waals surface area contributed by atoms with Crippen LogP contribution in [0.4, 0.5) is 0 Å². The van der Waals surface area contributed by atoms with Gasteiger partial charge < -0.3 is 25.7 Å². The molecule has 0 aromatic heterocycles. The number of aliphatic hydroxyl groups excluding tert-OH is 1. The number of carbonyl (C=O) groups is 2. The molecular weight excluding hydrogens is 414 g/mol. The zero-order valence-electron chi connectivity index (χ0n) is 18.2. The number of rotatable bonds is 8. The largest absolute Gasteiger partial charge is 0.477 e. The molecule has 0 radical (unpaired) electrons. The van der Waals surface area contributed by atoms with E-state index in [-0.39, 0.29) is 34.9 Å². The average Bonchev–Trinajstić information content (AvgIpc) is 3.29. The summed E-state index contributed by atoms with van der Waals surface area (Å²) < 4.78 is 0. The summed E-state index contributed by atoms with van der Waals surface area (Å²) in [5, 5.41) is 26.9. The predicted molar refractivity (Wildman–Crippen MR) is 120 cm³/mol. The van der Waals surface area contributed by atoms with E-state index in [1.54, 1.807) is 18.7 Å². The van der Waals surface area contributed by atoms with Gasteiger partial charge >= 0.3 is 5.97 Å². The summed E-state index contributed by atoms with van der Waals surface area (Å²) in [6.45, 7) is 8.26. The molecule has 8 heteroatoms. The Hall–Kier alpha value is -1.87. The molecule has 2 fully saturated rings. The lowest BCUT2D eigenvalue weighted by molar-refractivity contribution is -0.163. The van der Waals surface area contributed by atoms with Crippen molar-refractivity contribution in [2.24, 2.45) is 11.8 Å². The molecule has 2 saturated heterocycles. The number of nitrogens with one attached hydrogen (secondary N) is 2. The van der Waals surface area contributed by atoms with Crippen LogP contribution < -0.4 is 10.6 Å². The van der Waals surface area contributed by atoms with Gasteiger partial charge in [-0.1, -0.05) is 38.1 Å². The predicted octanol–water partition coefficient (Wildman–Crippen LogP) is 2.09. The first-order chi connectivity index (χ1) is 14.8. The molecule has 0 spiro atoms. The van der Waals surface area contributed by atoms with Crippen LogP contribution in [0.15, 0.2) is 34.9 Å². The Morgan fingerprint density at radius 1 is 1.35 bits per heavy atom. The van der Waals surface area contributed by atoms with Crippen LogP contribution in [0.2, 0.25) is 0 Å². The minimum atomic E-state index is -1.06. The van der Waals surface area contributed by atoms with Gasteiger partial charge in [0.2, 0.25) is 5.91 Å². The summed E-state index contributed by atoms with van der Waals surface area (Å²) in [5.74, 6) is -1.94. The Labute approximate surface area is 187 Å². The number of carbonyl (C=O) groups excluding carboxylic acids is 1. The van der Waals surface area contributed by atoms with E-state index in [4.69, 9.17) is 0 Å². The van der Waals surface area contributed by atoms with Gasteiger partial charge in [-0.15, -0.1) is 11.8 Å². The molecule has 0 bridgehead atoms. The van der Waals surface area contributed by atoms with Crippen molar-refractivity contribution >= 4 is 23.6 Å². The van der Waals surface area contributed by atoms with Crippen LogP contribution >= 0.6 is 11.8 Å². The normalized spacial score (nSPS) is 31.0. The van der Waals surface area contributed by atoms with Crippen molar-refractivity contribution in [1.82, 2.24) is 15.5 Å². The van der Waals surface area contributed by atoms with Crippen LogP contribution in [0.25, 0.3) is 0 Å². The van der Waals surface area contributed by atoms with E-state index in [0.29, 0.717) is 0 Å². The summed E-state index contributed by atoms with van der Waals surface area (Å²) in [4.78, 5) is 26.7. The molecule has 0 saturated carbocycles. The number of thioether (sulfide) groups is 1. The number of carboxylic acid groups (broad SMARTS) is 1. The molecule has 1 amide bonds. The number of aliphatic hydroxyl groups is 1. The van der Waals surface area contributed by atoms with Crippen molar-refractivity contribution in [3.63, 3.8) is 0 Å². The van der Waals surface area contributed by atoms with Crippen molar-refractivity contribution in [2.75, 3.05) is 13.1 Å². The van der Waals surface area contributed by atoms with Crippen LogP contribution in [0, 0.1) is 11.8 Å². The lowest BCUT2D eigenvalue weighted by Gasteiger charge is -2.46. The van der Waals surface area contributed by atoms with Crippen LogP contribution in [-0.4, -0.2) is 57.5 Å². The highest BCUT2D eigenvalue weighted by atomic mass is 32.2. The molecule has 7 nitrogen and oxygen atoms in total. The van der Waals surface area contributed by atoms with Gasteiger partial charge in [0.05, 0.1) is 18.1 Å². The van der Waals surface area contributed by atoms with E-state index in [0.717, 1.165) is 31.0 Å². The number of benzene rings is 1. The second-order valence-corrected chi connectivity index (χ2v) is 10.1. The molecule has 168 valence electrons. The molecule has 0 aliphatic carbocycles. The van der Waals surface area contributed by atoms with Gasteiger partial charge in [0, 0.05) is 35.2 Å². The van der Waals surface area contributed by atoms with E-state index in [1.165, 1.54) is 16.0 Å². The minimum absolute atomic E-state index is 0.0854. The molecule has 0 unspecified atom stereocenters. The Balaban J connectivity index is 1.45. The van der Waals surface area contributed by atoms with Crippen LogP contribution in [0.5, 0.6) is 0 Å². The monoisotopic (exact) mass is 445 g/mol. The van der Waals surface area contributed by atoms with E-state index >= 15 is 0 Å². The highest BCUT2D eigenvalue weighted by Gasteiger charge is 2.60. The molecule has 6 atom stereocenters. The maximum Gasteiger partial charge on any atom is 0.353 e. The first-order valence-electron chi connectivity index (χ1n) is 11.0. The number of β-lactam (4-membered cyclic amide) rings is 1. The second-order valence-electron chi connectivity index (χ2n) is 8.73. The Bertz CT molecular complexity index is 885. The summed E-state index contributed by atoms with van der Waals surface area (Å²) in [6.07, 6.45) is 0.127. The second kappa shape index (κ2) is 8.94. The van der Waals surface area contributed by atoms with Gasteiger partial charge in [-0.05, 0) is 31.0 Å². The van der Waals surface area contributed by atoms with E-state index in [9.17, 15) is 19.8 Å². The topological polar surface area (TPSA) is 102 Å². The first-order valence-corrected chi connectivity index (χ1v) is 11.9. The molecule has 3 heterocycles. The van der Waals surface area contributed by atoms with Crippen LogP contribution in [-0.2, 0) is 16.1 Å². The number of nitrogens with zero attached hydrogens (tertiary/aromatic N) is 1. The van der Waals surface area contributed by atoms with Crippen molar-refractivity contribution in [2.45, 2.75) is 57.2 Å². The van der Waals surface area contributed by atoms with E-state index in [2.05, 4.69) is 41.8 Å². The molecule has 3 aliphatic rings. The lowest BCUT2D eigenvalue weighted by atomic mass is 9.79. The van der Waals surface area contributed by atoms with Crippen molar-refractivity contribution < 1.29 is 19.8 Å². The third kappa shape index (κ3) is 4.02. The Morgan fingerprint density at radius 2 is 2.06 bits per heavy atom. The van der Waals surface area contributed by atoms with Crippen molar-refractivity contribution in [3.8, 4) is 0 Å². The maximum absolute atomic E-state index is 12.5. The van der Waals surface area contributed by atoms with Gasteiger partial charge in [-0.25, -0.2) is 4.79 Å². The molecule has 31 heavy (non-hydrogen) atoms. The fraction of sp³-hybridized carbons (Fsp3) is 0.565. The zero-order chi connectivity index (χ0) is 22.3. The first kappa shape index (κ1) is 22.3. The SMILES string of the molecule is CCNCc1ccc([C@H]2C[C@H](SC3=C(C(=O)O)N4C(=O)[C@H]([C@@H](C)O)[C@H]4[C@H]3C)CN2)cc1. The highest BCUT2D eigenvalue weighted by molar-refractivity contribution is 8.03. The van der Waals surface area contributed by atoms with E-state index in [1.807, 2.05) is 6.92 Å². The number of aliphatic carboxylic acids is 1. The Kier molecular flexibility index (Phi) is 6.44. The fourth-order valence-electron chi connectivity index (χ4n) is 5.04. The van der Waals surface area contributed by atoms with Gasteiger partial charge in [0.1, 0.15) is 5.70 Å². The lowest BCUT2D eigenvalue weighted by Crippen LogP contribution is -2.63. The Morgan fingerprint density at radius 3 is 2.68 bits per heavy atom. The number of hydrogen-bond donors (Lipinski definition) is 4. The number of amides is 1. The maximum atomic E-state index is 12.5. The molecule has 4 rings (SSSR count). The molecular formula is C23H31N3O4S. The third-order valence-corrected chi connectivity index (χ3v) is 8.17. The summed E-state index contributed by atoms with van der Waals surface area (Å²) in [7, 11) is 0. The third-order valence-electron chi connectivity index (χ3n) is 6.66. The molecule has 1 aromatic rings. The molecule has 4 N–H and O–H groups in total.